The molecule has 0 unspecified atom stereocenters. The van der Waals surface area contributed by atoms with Crippen LogP contribution in [0, 0.1) is 0 Å². The van der Waals surface area contributed by atoms with Crippen molar-refractivity contribution in [3.05, 3.63) is 96.3 Å². The fourth-order valence-electron chi connectivity index (χ4n) is 2.89. The Labute approximate surface area is 183 Å². The lowest BCUT2D eigenvalue weighted by Gasteiger charge is -2.06. The van der Waals surface area contributed by atoms with Gasteiger partial charge in [-0.3, -0.25) is 9.59 Å². The first-order valence-electron chi connectivity index (χ1n) is 9.57. The van der Waals surface area contributed by atoms with E-state index in [0.717, 1.165) is 16.5 Å². The van der Waals surface area contributed by atoms with E-state index < -0.39 is 0 Å². The zero-order valence-corrected chi connectivity index (χ0v) is 17.3. The normalized spacial score (nSPS) is 11.0. The zero-order valence-electron chi connectivity index (χ0n) is 16.4. The van der Waals surface area contributed by atoms with Crippen LogP contribution in [0.25, 0.3) is 10.8 Å². The third-order valence-electron chi connectivity index (χ3n) is 4.37. The quantitative estimate of drug-likeness (QED) is 0.248. The minimum Gasteiger partial charge on any atom is -0.449 e. The molecule has 0 spiro atoms. The molecule has 0 atom stereocenters. The minimum atomic E-state index is -0.302. The van der Waals surface area contributed by atoms with Crippen molar-refractivity contribution in [3.63, 3.8) is 0 Å². The van der Waals surface area contributed by atoms with E-state index in [0.29, 0.717) is 16.4 Å². The molecule has 2 amide bonds. The van der Waals surface area contributed by atoms with Crippen LogP contribution in [0.2, 0.25) is 0 Å². The number of hydrazone groups is 1. The number of hydrogen-bond acceptors (Lipinski definition) is 5. The Hall–Kier alpha value is -3.84. The maximum absolute atomic E-state index is 12.3. The predicted molar refractivity (Wildman–Crippen MR) is 124 cm³/mol. The molecule has 4 aromatic rings. The summed E-state index contributed by atoms with van der Waals surface area (Å²) in [6.45, 7) is 0. The third-order valence-corrected chi connectivity index (χ3v) is 5.29. The van der Waals surface area contributed by atoms with E-state index in [1.807, 2.05) is 48.5 Å². The lowest BCUT2D eigenvalue weighted by atomic mass is 10.1. The highest BCUT2D eigenvalue weighted by Crippen LogP contribution is 2.22. The van der Waals surface area contributed by atoms with Crippen LogP contribution in [0.3, 0.4) is 0 Å². The summed E-state index contributed by atoms with van der Waals surface area (Å²) >= 11 is 1.28. The van der Waals surface area contributed by atoms with Crippen LogP contribution >= 0.6 is 11.8 Å². The maximum Gasteiger partial charge on any atom is 0.271 e. The molecule has 1 aromatic heterocycles. The van der Waals surface area contributed by atoms with Crippen molar-refractivity contribution in [2.24, 2.45) is 5.10 Å². The zero-order chi connectivity index (χ0) is 21.5. The Morgan fingerprint density at radius 1 is 0.903 bits per heavy atom. The molecule has 0 radical (unpaired) electrons. The first-order valence-corrected chi connectivity index (χ1v) is 10.6. The molecule has 0 aliphatic heterocycles. The fourth-order valence-corrected chi connectivity index (χ4v) is 3.56. The number of anilines is 1. The number of nitrogens with one attached hydrogen (secondary N) is 2. The molecule has 0 saturated carbocycles. The van der Waals surface area contributed by atoms with Gasteiger partial charge in [-0.05, 0) is 47.2 Å². The number of carbonyl (C=O) groups is 2. The maximum atomic E-state index is 12.3. The van der Waals surface area contributed by atoms with Gasteiger partial charge >= 0.3 is 0 Å². The molecule has 6 nitrogen and oxygen atoms in total. The Balaban J connectivity index is 1.26. The summed E-state index contributed by atoms with van der Waals surface area (Å²) in [5.41, 5.74) is 3.72. The van der Waals surface area contributed by atoms with Gasteiger partial charge in [0.15, 0.2) is 5.09 Å². The molecule has 2 N–H and O–H groups in total. The van der Waals surface area contributed by atoms with Crippen molar-refractivity contribution in [2.75, 3.05) is 11.1 Å². The van der Waals surface area contributed by atoms with Gasteiger partial charge in [-0.2, -0.15) is 5.10 Å². The van der Waals surface area contributed by atoms with Gasteiger partial charge in [-0.15, -0.1) is 0 Å². The van der Waals surface area contributed by atoms with Gasteiger partial charge < -0.3 is 9.73 Å². The molecule has 0 fully saturated rings. The molecule has 0 aliphatic carbocycles. The summed E-state index contributed by atoms with van der Waals surface area (Å²) in [4.78, 5) is 24.2. The summed E-state index contributed by atoms with van der Waals surface area (Å²) < 4.78 is 5.61. The van der Waals surface area contributed by atoms with E-state index in [2.05, 4.69) is 15.8 Å². The first-order chi connectivity index (χ1) is 15.2. The second-order valence-corrected chi connectivity index (χ2v) is 7.60. The van der Waals surface area contributed by atoms with Crippen molar-refractivity contribution in [2.45, 2.75) is 5.09 Å². The van der Waals surface area contributed by atoms with Gasteiger partial charge in [0.25, 0.3) is 5.91 Å². The van der Waals surface area contributed by atoms with Crippen molar-refractivity contribution in [1.82, 2.24) is 5.43 Å². The molecule has 4 rings (SSSR count). The van der Waals surface area contributed by atoms with Crippen LogP contribution in [0.5, 0.6) is 0 Å². The number of furan rings is 1. The Kier molecular flexibility index (Phi) is 6.44. The highest BCUT2D eigenvalue weighted by atomic mass is 32.2. The van der Waals surface area contributed by atoms with Crippen molar-refractivity contribution >= 4 is 46.3 Å². The number of fused-ring (bicyclic) bond motifs is 1. The molecule has 7 heteroatoms. The van der Waals surface area contributed by atoms with E-state index in [4.69, 9.17) is 4.42 Å². The summed E-state index contributed by atoms with van der Waals surface area (Å²) in [5.74, 6) is 0.262. The molecule has 1 heterocycles. The Bertz CT molecular complexity index is 1240. The van der Waals surface area contributed by atoms with Crippen molar-refractivity contribution in [3.8, 4) is 0 Å². The van der Waals surface area contributed by atoms with Gasteiger partial charge in [-0.1, -0.05) is 60.3 Å². The monoisotopic (exact) mass is 429 g/mol. The smallest absolute Gasteiger partial charge is 0.271 e. The predicted octanol–water partition coefficient (Wildman–Crippen LogP) is 4.93. The number of amides is 2. The van der Waals surface area contributed by atoms with Crippen LogP contribution in [0.1, 0.15) is 16.1 Å². The van der Waals surface area contributed by atoms with Crippen LogP contribution < -0.4 is 10.7 Å². The second kappa shape index (κ2) is 9.77. The van der Waals surface area contributed by atoms with E-state index >= 15 is 0 Å². The van der Waals surface area contributed by atoms with E-state index in [9.17, 15) is 9.59 Å². The number of benzene rings is 3. The third kappa shape index (κ3) is 5.61. The summed E-state index contributed by atoms with van der Waals surface area (Å²) in [7, 11) is 0. The fraction of sp³-hybridized carbons (Fsp3) is 0.0417. The van der Waals surface area contributed by atoms with Gasteiger partial charge in [0, 0.05) is 11.3 Å². The Morgan fingerprint density at radius 2 is 1.68 bits per heavy atom. The van der Waals surface area contributed by atoms with Gasteiger partial charge in [0.2, 0.25) is 5.91 Å². The van der Waals surface area contributed by atoms with E-state index in [1.54, 1.807) is 36.4 Å². The van der Waals surface area contributed by atoms with Crippen LogP contribution in [-0.4, -0.2) is 23.8 Å². The Morgan fingerprint density at radius 3 is 2.52 bits per heavy atom. The number of nitrogens with zero attached hydrogens (tertiary/aromatic N) is 1. The average molecular weight is 430 g/mol. The van der Waals surface area contributed by atoms with Crippen molar-refractivity contribution in [1.29, 1.82) is 0 Å². The van der Waals surface area contributed by atoms with Gasteiger partial charge in [0.05, 0.1) is 12.0 Å². The standard InChI is InChI=1S/C24H19N3O3S/c28-22(26-20-11-10-17-6-4-5-9-19(17)14-20)16-31-23-13-12-21(30-23)15-25-27-24(29)18-7-2-1-3-8-18/h1-15H,16H2,(H,26,28)(H,27,29)/b25-15-. The van der Waals surface area contributed by atoms with Crippen LogP contribution in [0.15, 0.2) is 99.5 Å². The first kappa shape index (κ1) is 20.4. The number of hydrogen-bond donors (Lipinski definition) is 2. The van der Waals surface area contributed by atoms with Crippen LogP contribution in [0.4, 0.5) is 5.69 Å². The van der Waals surface area contributed by atoms with Gasteiger partial charge in [-0.25, -0.2) is 5.43 Å². The lowest BCUT2D eigenvalue weighted by Crippen LogP contribution is -2.17. The van der Waals surface area contributed by atoms with Crippen LogP contribution in [-0.2, 0) is 4.79 Å². The lowest BCUT2D eigenvalue weighted by molar-refractivity contribution is -0.113. The molecular formula is C24H19N3O3S. The average Bonchev–Trinajstić information content (AvgIpc) is 3.26. The molecular weight excluding hydrogens is 410 g/mol. The van der Waals surface area contributed by atoms with Crippen molar-refractivity contribution < 1.29 is 14.0 Å². The summed E-state index contributed by atoms with van der Waals surface area (Å²) in [6.07, 6.45) is 1.42. The molecule has 154 valence electrons. The van der Waals surface area contributed by atoms with E-state index in [-0.39, 0.29) is 17.6 Å². The SMILES string of the molecule is O=C(CSc1ccc(/C=N\NC(=O)c2ccccc2)o1)Nc1ccc2ccccc2c1. The molecule has 0 aliphatic rings. The van der Waals surface area contributed by atoms with Gasteiger partial charge in [0.1, 0.15) is 5.76 Å². The molecule has 3 aromatic carbocycles. The number of rotatable bonds is 7. The second-order valence-electron chi connectivity index (χ2n) is 6.62. The summed E-state index contributed by atoms with van der Waals surface area (Å²) in [5, 5.41) is 9.58. The highest BCUT2D eigenvalue weighted by molar-refractivity contribution is 7.99. The minimum absolute atomic E-state index is 0.123. The summed E-state index contributed by atoms with van der Waals surface area (Å²) in [6, 6.07) is 26.1. The number of carbonyl (C=O) groups excluding carboxylic acids is 2. The highest BCUT2D eigenvalue weighted by Gasteiger charge is 2.08. The molecule has 0 saturated heterocycles. The molecule has 0 bridgehead atoms. The van der Waals surface area contributed by atoms with E-state index in [1.165, 1.54) is 18.0 Å². The number of thioether (sulfide) groups is 1. The largest absolute Gasteiger partial charge is 0.449 e. The molecule has 31 heavy (non-hydrogen) atoms. The topological polar surface area (TPSA) is 83.7 Å².